The quantitative estimate of drug-likeness (QED) is 0.113. The Morgan fingerprint density at radius 3 is 1.68 bits per heavy atom. The van der Waals surface area contributed by atoms with Crippen molar-refractivity contribution < 1.29 is 85.6 Å². The molecule has 20 nitrogen and oxygen atoms in total. The van der Waals surface area contributed by atoms with Crippen LogP contribution in [0, 0.1) is 0 Å². The fourth-order valence-corrected chi connectivity index (χ4v) is 5.75. The first kappa shape index (κ1) is 45.2. The number of hydrogen-bond donors (Lipinski definition) is 6. The van der Waals surface area contributed by atoms with Crippen molar-refractivity contribution >= 4 is 27.5 Å². The highest BCUT2D eigenvalue weighted by atomic mass is 31.2. The van der Waals surface area contributed by atoms with Gasteiger partial charge in [0.05, 0.1) is 13.2 Å². The molecular weight excluding hydrogens is 710 g/mol. The number of fused-ring (bicyclic) bond motifs is 1. The number of carbonyl (C=O) groups excluding carboxylic acids is 2. The van der Waals surface area contributed by atoms with Gasteiger partial charge in [-0.2, -0.15) is 9.13 Å². The van der Waals surface area contributed by atoms with Gasteiger partial charge in [-0.3, -0.25) is 18.7 Å². The Bertz CT molecular complexity index is 1550. The second kappa shape index (κ2) is 17.6. The Hall–Kier alpha value is -2.78. The average Bonchev–Trinajstić information content (AvgIpc) is 3.57. The number of rotatable bonds is 10. The van der Waals surface area contributed by atoms with E-state index in [4.69, 9.17) is 40.2 Å². The molecule has 10 atom stereocenters. The second-order valence-corrected chi connectivity index (χ2v) is 13.4. The van der Waals surface area contributed by atoms with E-state index in [0.29, 0.717) is 0 Å². The molecule has 50 heavy (non-hydrogen) atoms. The fourth-order valence-electron chi connectivity index (χ4n) is 5.08. The summed E-state index contributed by atoms with van der Waals surface area (Å²) >= 11 is 0. The lowest BCUT2D eigenvalue weighted by molar-refractivity contribution is -0.766. The summed E-state index contributed by atoms with van der Waals surface area (Å²) in [5, 5.41) is 19.8. The summed E-state index contributed by atoms with van der Waals surface area (Å²) in [4.78, 5) is 61.2. The molecule has 5 heterocycles. The second-order valence-electron chi connectivity index (χ2n) is 11.0. The van der Waals surface area contributed by atoms with E-state index in [0.717, 1.165) is 0 Å². The van der Waals surface area contributed by atoms with E-state index in [1.165, 1.54) is 35.3 Å². The molecule has 8 N–H and O–H groups in total. The minimum Gasteiger partial charge on any atom is -0.756 e. The summed E-state index contributed by atoms with van der Waals surface area (Å²) in [5.41, 5.74) is 10.9. The highest BCUT2D eigenvalue weighted by Gasteiger charge is 2.59. The predicted octanol–water partition coefficient (Wildman–Crippen LogP) is -1.95. The van der Waals surface area contributed by atoms with Gasteiger partial charge >= 0.3 is 0 Å². The number of primary amides is 2. The number of ether oxygens (including phenoxy) is 4. The van der Waals surface area contributed by atoms with Crippen LogP contribution in [0.15, 0.2) is 49.1 Å². The molecule has 0 radical (unpaired) electrons. The van der Waals surface area contributed by atoms with E-state index >= 15 is 0 Å². The number of aliphatic hydroxyl groups excluding tert-OH is 2. The topological polar surface area (TPSA) is 310 Å². The van der Waals surface area contributed by atoms with Crippen LogP contribution in [-0.4, -0.2) is 87.4 Å². The van der Waals surface area contributed by atoms with Crippen LogP contribution in [0.4, 0.5) is 0 Å². The zero-order valence-corrected chi connectivity index (χ0v) is 26.6. The molecule has 2 aromatic rings. The summed E-state index contributed by atoms with van der Waals surface area (Å²) in [5.74, 6) is -2.19. The number of phosphoric ester groups is 2. The van der Waals surface area contributed by atoms with Crippen LogP contribution in [0.3, 0.4) is 0 Å². The van der Waals surface area contributed by atoms with Crippen LogP contribution < -0.4 is 30.4 Å². The lowest BCUT2D eigenvalue weighted by Gasteiger charge is -2.24. The normalized spacial score (nSPS) is 30.1. The molecule has 3 fully saturated rings. The van der Waals surface area contributed by atoms with Crippen molar-refractivity contribution in [1.82, 2.24) is 0 Å². The highest BCUT2D eigenvalue weighted by molar-refractivity contribution is 7.45. The van der Waals surface area contributed by atoms with Gasteiger partial charge in [-0.15, -0.1) is 0 Å². The molecule has 5 rings (SSSR count). The molecular formula is C28H46N4O16P2. The zero-order chi connectivity index (χ0) is 34.9. The number of nitrogens with zero attached hydrogens (tertiary/aromatic N) is 2. The minimum absolute atomic E-state index is 0. The van der Waals surface area contributed by atoms with Gasteiger partial charge in [0.1, 0.15) is 35.5 Å². The van der Waals surface area contributed by atoms with Crippen LogP contribution in [0.25, 0.3) is 0 Å². The standard InChI is InChI=1S/C14H19N2O8P.C11H15N2O8P.3CH4/c1-14(2)23-10-9(7-21-25(18,19)20)22-13(11(10)24-14)16-5-3-4-8(6-16)12(15)17;12-10(16)6-2-1-3-13(4-6)11-9(15)8(14)7(21-11)5-20-22(17,18)19;;;/h3-6,9-11,13H,7H2,1-2H3,(H3-,15,17,18,19,20);1-4,7-9,11,14-15H,5H2,(H3-,12,16,17,18,19);3*1H4/t9?,10-,11?,13-;7?,8-,9?,11-;;;/m11.../s1. The molecule has 0 aromatic carbocycles. The molecule has 284 valence electrons. The Morgan fingerprint density at radius 2 is 1.22 bits per heavy atom. The maximum absolute atomic E-state index is 11.4. The molecule has 0 spiro atoms. The van der Waals surface area contributed by atoms with E-state index in [-0.39, 0.29) is 33.4 Å². The van der Waals surface area contributed by atoms with E-state index in [9.17, 15) is 38.7 Å². The van der Waals surface area contributed by atoms with Crippen molar-refractivity contribution in [1.29, 1.82) is 0 Å². The first-order chi connectivity index (χ1) is 21.7. The van der Waals surface area contributed by atoms with Gasteiger partial charge < -0.3 is 69.2 Å². The predicted molar refractivity (Wildman–Crippen MR) is 166 cm³/mol. The minimum atomic E-state index is -4.97. The third kappa shape index (κ3) is 11.6. The summed E-state index contributed by atoms with van der Waals surface area (Å²) in [6, 6.07) is 6.13. The number of phosphoric acid groups is 2. The van der Waals surface area contributed by atoms with E-state index in [1.807, 2.05) is 0 Å². The van der Waals surface area contributed by atoms with E-state index in [1.54, 1.807) is 36.7 Å². The molecule has 0 saturated carbocycles. The van der Waals surface area contributed by atoms with Gasteiger partial charge in [-0.1, -0.05) is 22.3 Å². The first-order valence-corrected chi connectivity index (χ1v) is 16.7. The Balaban J connectivity index is 0.000000475. The SMILES string of the molecule is C.C.C.CC1(C)OC2[C@H](O1)C(COP(=O)([O-])O)O[C@H]2[n+]1cccc(C(N)=O)c1.NC(=O)c1ccc[n+]([C@@H]2OC(COP(=O)([O-])O)[C@@H](O)C2O)c1. The summed E-state index contributed by atoms with van der Waals surface area (Å²) in [7, 11) is -9.86. The largest absolute Gasteiger partial charge is 0.756 e. The van der Waals surface area contributed by atoms with Crippen LogP contribution in [0.5, 0.6) is 0 Å². The molecule has 22 heteroatoms. The fraction of sp³-hybridized carbons (Fsp3) is 0.571. The van der Waals surface area contributed by atoms with Gasteiger partial charge in [0.2, 0.25) is 0 Å². The molecule has 3 aliphatic rings. The lowest BCUT2D eigenvalue weighted by Crippen LogP contribution is -2.46. The third-order valence-corrected chi connectivity index (χ3v) is 8.02. The van der Waals surface area contributed by atoms with Crippen molar-refractivity contribution in [2.75, 3.05) is 13.2 Å². The molecule has 3 aliphatic heterocycles. The number of nitrogens with two attached hydrogens (primary N) is 2. The lowest BCUT2D eigenvalue weighted by atomic mass is 10.1. The zero-order valence-electron chi connectivity index (χ0n) is 24.8. The summed E-state index contributed by atoms with van der Waals surface area (Å²) < 4.78 is 55.7. The van der Waals surface area contributed by atoms with Crippen LogP contribution in [0.1, 0.15) is 69.3 Å². The van der Waals surface area contributed by atoms with Crippen molar-refractivity contribution in [3.05, 3.63) is 60.2 Å². The molecule has 0 bridgehead atoms. The summed E-state index contributed by atoms with van der Waals surface area (Å²) in [6.07, 6.45) is -1.81. The number of aliphatic hydroxyl groups is 2. The first-order valence-electron chi connectivity index (χ1n) is 13.8. The number of pyridine rings is 2. The van der Waals surface area contributed by atoms with E-state index in [2.05, 4.69) is 9.05 Å². The smallest absolute Gasteiger partial charge is 0.292 e. The van der Waals surface area contributed by atoms with Crippen molar-refractivity contribution in [3.8, 4) is 0 Å². The monoisotopic (exact) mass is 756 g/mol. The maximum atomic E-state index is 11.4. The molecule has 2 amide bonds. The van der Waals surface area contributed by atoms with Gasteiger partial charge in [0, 0.05) is 12.1 Å². The van der Waals surface area contributed by atoms with Gasteiger partial charge in [0.15, 0.2) is 42.8 Å². The van der Waals surface area contributed by atoms with Crippen molar-refractivity contribution in [3.63, 3.8) is 0 Å². The molecule has 3 saturated heterocycles. The third-order valence-electron chi connectivity index (χ3n) is 7.07. The van der Waals surface area contributed by atoms with Gasteiger partial charge in [-0.25, -0.2) is 0 Å². The van der Waals surface area contributed by atoms with Gasteiger partial charge in [0.25, 0.3) is 39.9 Å². The Morgan fingerprint density at radius 1 is 0.800 bits per heavy atom. The summed E-state index contributed by atoms with van der Waals surface area (Å²) in [6.45, 7) is 2.34. The Kier molecular flexibility index (Phi) is 16.0. The molecule has 0 aliphatic carbocycles. The number of carbonyl (C=O) groups is 2. The molecule has 6 unspecified atom stereocenters. The number of amides is 2. The van der Waals surface area contributed by atoms with Crippen LogP contribution in [0.2, 0.25) is 0 Å². The maximum Gasteiger partial charge on any atom is 0.292 e. The molecule has 2 aromatic heterocycles. The van der Waals surface area contributed by atoms with Crippen LogP contribution >= 0.6 is 15.6 Å². The number of hydrogen-bond acceptors (Lipinski definition) is 14. The van der Waals surface area contributed by atoms with Crippen molar-refractivity contribution in [2.45, 2.75) is 91.0 Å². The number of aromatic nitrogens is 2. The van der Waals surface area contributed by atoms with Crippen molar-refractivity contribution in [2.24, 2.45) is 11.5 Å². The van der Waals surface area contributed by atoms with Gasteiger partial charge in [-0.05, 0) is 26.0 Å². The highest BCUT2D eigenvalue weighted by Crippen LogP contribution is 2.42. The van der Waals surface area contributed by atoms with Crippen LogP contribution in [-0.2, 0) is 37.1 Å². The Labute approximate surface area is 288 Å². The van der Waals surface area contributed by atoms with E-state index < -0.39 is 95.5 Å². The average molecular weight is 757 g/mol.